The van der Waals surface area contributed by atoms with Gasteiger partial charge in [0.2, 0.25) is 5.91 Å². The van der Waals surface area contributed by atoms with Gasteiger partial charge in [0.25, 0.3) is 0 Å². The Labute approximate surface area is 146 Å². The average molecular weight is 343 g/mol. The molecule has 1 heterocycles. The first-order chi connectivity index (χ1) is 12.2. The molecule has 0 spiro atoms. The first-order valence-electron chi connectivity index (χ1n) is 8.50. The van der Waals surface area contributed by atoms with Gasteiger partial charge in [-0.25, -0.2) is 4.39 Å². The first-order valence-corrected chi connectivity index (χ1v) is 8.50. The molecule has 0 aliphatic heterocycles. The van der Waals surface area contributed by atoms with Crippen molar-refractivity contribution in [3.8, 4) is 5.75 Å². The van der Waals surface area contributed by atoms with Crippen LogP contribution in [0.15, 0.2) is 42.6 Å². The van der Waals surface area contributed by atoms with Gasteiger partial charge in [0.05, 0.1) is 5.69 Å². The Morgan fingerprint density at radius 1 is 1.32 bits per heavy atom. The molecule has 5 nitrogen and oxygen atoms in total. The fraction of sp³-hybridized carbons (Fsp3) is 0.368. The summed E-state index contributed by atoms with van der Waals surface area (Å²) in [6.07, 6.45) is 4.48. The highest BCUT2D eigenvalue weighted by Gasteiger charge is 2.31. The van der Waals surface area contributed by atoms with Crippen molar-refractivity contribution >= 4 is 11.6 Å². The Morgan fingerprint density at radius 3 is 2.92 bits per heavy atom. The minimum atomic E-state index is -0.518. The van der Waals surface area contributed by atoms with Crippen LogP contribution >= 0.6 is 0 Å². The summed E-state index contributed by atoms with van der Waals surface area (Å²) < 4.78 is 19.7. The maximum Gasteiger partial charge on any atom is 0.227 e. The number of carbonyl (C=O) groups is 1. The maximum absolute atomic E-state index is 14.2. The van der Waals surface area contributed by atoms with E-state index in [-0.39, 0.29) is 30.1 Å². The Morgan fingerprint density at radius 2 is 2.20 bits per heavy atom. The largest absolute Gasteiger partial charge is 0.484 e. The second kappa shape index (κ2) is 8.07. The van der Waals surface area contributed by atoms with Crippen LogP contribution in [-0.4, -0.2) is 17.4 Å². The van der Waals surface area contributed by atoms with Crippen LogP contribution in [0.25, 0.3) is 0 Å². The molecule has 0 saturated heterocycles. The lowest BCUT2D eigenvalue weighted by molar-refractivity contribution is -0.120. The molecule has 0 radical (unpaired) electrons. The van der Waals surface area contributed by atoms with Crippen LogP contribution in [-0.2, 0) is 11.4 Å². The Kier molecular flexibility index (Phi) is 5.60. The predicted molar refractivity (Wildman–Crippen MR) is 93.5 cm³/mol. The van der Waals surface area contributed by atoms with E-state index in [2.05, 4.69) is 10.3 Å². The van der Waals surface area contributed by atoms with Gasteiger partial charge in [-0.3, -0.25) is 9.78 Å². The third kappa shape index (κ3) is 4.33. The number of ether oxygens (including phenoxy) is 1. The number of amides is 1. The fourth-order valence-corrected chi connectivity index (χ4v) is 3.23. The number of nitrogens with zero attached hydrogens (tertiary/aromatic N) is 1. The summed E-state index contributed by atoms with van der Waals surface area (Å²) in [5.74, 6) is -0.353. The molecule has 0 unspecified atom stereocenters. The molecular formula is C19H22FN3O2. The number of rotatable bonds is 6. The van der Waals surface area contributed by atoms with Crippen LogP contribution in [0.5, 0.6) is 5.75 Å². The number of benzene rings is 1. The zero-order valence-corrected chi connectivity index (χ0v) is 14.0. The summed E-state index contributed by atoms with van der Waals surface area (Å²) in [5.41, 5.74) is 6.86. The normalized spacial score (nSPS) is 19.6. The predicted octanol–water partition coefficient (Wildman–Crippen LogP) is 3.11. The molecule has 1 aromatic carbocycles. The number of hydrogen-bond donors (Lipinski definition) is 2. The highest BCUT2D eigenvalue weighted by molar-refractivity contribution is 5.93. The molecular weight excluding hydrogens is 321 g/mol. The molecule has 1 aliphatic rings. The lowest BCUT2D eigenvalue weighted by atomic mass is 9.95. The van der Waals surface area contributed by atoms with Crippen molar-refractivity contribution in [2.75, 3.05) is 11.9 Å². The average Bonchev–Trinajstić information content (AvgIpc) is 3.11. The van der Waals surface area contributed by atoms with Crippen molar-refractivity contribution in [2.24, 2.45) is 17.6 Å². The summed E-state index contributed by atoms with van der Waals surface area (Å²) in [7, 11) is 0. The van der Waals surface area contributed by atoms with Crippen LogP contribution in [0, 0.1) is 17.7 Å². The number of hydrogen-bond acceptors (Lipinski definition) is 4. The number of halogens is 1. The van der Waals surface area contributed by atoms with Gasteiger partial charge in [-0.1, -0.05) is 12.5 Å². The van der Waals surface area contributed by atoms with Crippen LogP contribution in [0.2, 0.25) is 0 Å². The van der Waals surface area contributed by atoms with Crippen LogP contribution in [0.3, 0.4) is 0 Å². The van der Waals surface area contributed by atoms with Gasteiger partial charge in [-0.2, -0.15) is 0 Å². The Bertz CT molecular complexity index is 724. The van der Waals surface area contributed by atoms with Crippen molar-refractivity contribution in [2.45, 2.75) is 25.9 Å². The van der Waals surface area contributed by atoms with E-state index in [0.717, 1.165) is 19.3 Å². The van der Waals surface area contributed by atoms with Crippen LogP contribution in [0.4, 0.5) is 10.1 Å². The van der Waals surface area contributed by atoms with Gasteiger partial charge >= 0.3 is 0 Å². The Hall–Kier alpha value is -2.47. The van der Waals surface area contributed by atoms with Gasteiger partial charge in [0, 0.05) is 23.9 Å². The number of carbonyl (C=O) groups excluding carboxylic acids is 1. The van der Waals surface area contributed by atoms with Crippen molar-refractivity contribution in [1.29, 1.82) is 0 Å². The van der Waals surface area contributed by atoms with Gasteiger partial charge in [-0.05, 0) is 49.6 Å². The molecule has 0 bridgehead atoms. The second-order valence-corrected chi connectivity index (χ2v) is 6.28. The van der Waals surface area contributed by atoms with E-state index in [1.165, 1.54) is 12.1 Å². The third-order valence-corrected chi connectivity index (χ3v) is 4.60. The lowest BCUT2D eigenvalue weighted by Crippen LogP contribution is -2.29. The molecule has 3 rings (SSSR count). The standard InChI is InChI=1S/C19H22FN3O2/c20-17-10-14(23-19(24)16-6-3-4-13(16)11-21)7-8-18(17)25-12-15-5-1-2-9-22-15/h1-2,5,7-10,13,16H,3-4,6,11-12,21H2,(H,23,24)/t13-,16-/m1/s1. The quantitative estimate of drug-likeness (QED) is 0.845. The molecule has 25 heavy (non-hydrogen) atoms. The molecule has 1 amide bonds. The molecule has 2 aromatic rings. The topological polar surface area (TPSA) is 77.2 Å². The zero-order valence-electron chi connectivity index (χ0n) is 14.0. The number of pyridine rings is 1. The molecule has 1 aliphatic carbocycles. The molecule has 1 saturated carbocycles. The molecule has 1 fully saturated rings. The highest BCUT2D eigenvalue weighted by Crippen LogP contribution is 2.32. The third-order valence-electron chi connectivity index (χ3n) is 4.60. The van der Waals surface area contributed by atoms with E-state index in [9.17, 15) is 9.18 Å². The first kappa shape index (κ1) is 17.4. The summed E-state index contributed by atoms with van der Waals surface area (Å²) in [5, 5.41) is 2.79. The van der Waals surface area contributed by atoms with E-state index in [4.69, 9.17) is 10.5 Å². The summed E-state index contributed by atoms with van der Waals surface area (Å²) in [6.45, 7) is 0.691. The molecule has 1 aromatic heterocycles. The van der Waals surface area contributed by atoms with Crippen LogP contribution in [0.1, 0.15) is 25.0 Å². The number of nitrogens with two attached hydrogens (primary N) is 1. The van der Waals surface area contributed by atoms with E-state index in [0.29, 0.717) is 17.9 Å². The second-order valence-electron chi connectivity index (χ2n) is 6.28. The number of nitrogens with one attached hydrogen (secondary N) is 1. The van der Waals surface area contributed by atoms with Gasteiger partial charge < -0.3 is 15.8 Å². The Balaban J connectivity index is 1.60. The minimum absolute atomic E-state index is 0.0884. The SMILES string of the molecule is NC[C@H]1CCC[C@H]1C(=O)Nc1ccc(OCc2ccccn2)c(F)c1. The number of anilines is 1. The summed E-state index contributed by atoms with van der Waals surface area (Å²) >= 11 is 0. The van der Waals surface area contributed by atoms with E-state index in [1.54, 1.807) is 18.3 Å². The molecule has 3 N–H and O–H groups in total. The van der Waals surface area contributed by atoms with Gasteiger partial charge in [0.15, 0.2) is 11.6 Å². The molecule has 2 atom stereocenters. The van der Waals surface area contributed by atoms with Gasteiger partial charge in [0.1, 0.15) is 6.61 Å². The molecule has 132 valence electrons. The van der Waals surface area contributed by atoms with Crippen molar-refractivity contribution in [1.82, 2.24) is 4.98 Å². The number of aromatic nitrogens is 1. The van der Waals surface area contributed by atoms with Crippen molar-refractivity contribution < 1.29 is 13.9 Å². The van der Waals surface area contributed by atoms with Crippen molar-refractivity contribution in [3.05, 3.63) is 54.1 Å². The van der Waals surface area contributed by atoms with Crippen molar-refractivity contribution in [3.63, 3.8) is 0 Å². The summed E-state index contributed by atoms with van der Waals surface area (Å²) in [6, 6.07) is 9.89. The highest BCUT2D eigenvalue weighted by atomic mass is 19.1. The smallest absolute Gasteiger partial charge is 0.227 e. The monoisotopic (exact) mass is 343 g/mol. The summed E-state index contributed by atoms with van der Waals surface area (Å²) in [4.78, 5) is 16.5. The minimum Gasteiger partial charge on any atom is -0.484 e. The van der Waals surface area contributed by atoms with Gasteiger partial charge in [-0.15, -0.1) is 0 Å². The lowest BCUT2D eigenvalue weighted by Gasteiger charge is -2.17. The maximum atomic E-state index is 14.2. The zero-order chi connectivity index (χ0) is 17.6. The molecule has 6 heteroatoms. The van der Waals surface area contributed by atoms with Crippen LogP contribution < -0.4 is 15.8 Å². The van der Waals surface area contributed by atoms with E-state index < -0.39 is 5.82 Å². The van der Waals surface area contributed by atoms with E-state index >= 15 is 0 Å². The van der Waals surface area contributed by atoms with E-state index in [1.807, 2.05) is 12.1 Å². The fourth-order valence-electron chi connectivity index (χ4n) is 3.23.